The van der Waals surface area contributed by atoms with Crippen molar-refractivity contribution in [1.29, 1.82) is 0 Å². The van der Waals surface area contributed by atoms with Crippen LogP contribution in [0, 0.1) is 11.7 Å². The lowest BCUT2D eigenvalue weighted by molar-refractivity contribution is -0.131. The summed E-state index contributed by atoms with van der Waals surface area (Å²) in [5, 5.41) is 0. The molecule has 1 aromatic carbocycles. The Balaban J connectivity index is 2.06. The zero-order valence-corrected chi connectivity index (χ0v) is 21.0. The Morgan fingerprint density at radius 1 is 1.16 bits per heavy atom. The zero-order valence-electron chi connectivity index (χ0n) is 21.0. The second-order valence-corrected chi connectivity index (χ2v) is 8.85. The van der Waals surface area contributed by atoms with Crippen LogP contribution in [0.1, 0.15) is 79.2 Å². The van der Waals surface area contributed by atoms with Gasteiger partial charge in [0.25, 0.3) is 5.91 Å². The van der Waals surface area contributed by atoms with Crippen molar-refractivity contribution >= 4 is 11.7 Å². The Bertz CT molecular complexity index is 796. The van der Waals surface area contributed by atoms with E-state index in [2.05, 4.69) is 38.7 Å². The minimum absolute atomic E-state index is 0.0830. The molecule has 1 aromatic rings. The highest BCUT2D eigenvalue weighted by Crippen LogP contribution is 2.32. The topological polar surface area (TPSA) is 35.9 Å². The lowest BCUT2D eigenvalue weighted by Crippen LogP contribution is -2.43. The van der Waals surface area contributed by atoms with Gasteiger partial charge in [-0.15, -0.1) is 0 Å². The van der Waals surface area contributed by atoms with Gasteiger partial charge in [-0.05, 0) is 95.8 Å². The Morgan fingerprint density at radius 2 is 1.81 bits per heavy atom. The first-order valence-electron chi connectivity index (χ1n) is 12.4. The summed E-state index contributed by atoms with van der Waals surface area (Å²) in [6, 6.07) is 6.33. The van der Waals surface area contributed by atoms with Crippen molar-refractivity contribution in [2.24, 2.45) is 10.9 Å². The van der Waals surface area contributed by atoms with E-state index >= 15 is 0 Å². The van der Waals surface area contributed by atoms with Crippen LogP contribution in [0.5, 0.6) is 0 Å². The normalized spacial score (nSPS) is 17.2. The molecular weight excluding hydrogens is 401 g/mol. The maximum atomic E-state index is 13.5. The Kier molecular flexibility index (Phi) is 10.1. The number of nitrogens with zero attached hydrogens (tertiary/aromatic N) is 3. The van der Waals surface area contributed by atoms with Crippen LogP contribution in [-0.4, -0.2) is 53.3 Å². The predicted octanol–water partition coefficient (Wildman–Crippen LogP) is 6.07. The molecule has 0 bridgehead atoms. The van der Waals surface area contributed by atoms with Crippen LogP contribution in [0.4, 0.5) is 4.39 Å². The molecule has 1 atom stereocenters. The third-order valence-corrected chi connectivity index (χ3v) is 7.18. The molecule has 0 aromatic heterocycles. The number of aliphatic imine (C=N–C) groups is 1. The number of hydrogen-bond acceptors (Lipinski definition) is 3. The van der Waals surface area contributed by atoms with E-state index < -0.39 is 5.54 Å². The first-order chi connectivity index (χ1) is 15.3. The van der Waals surface area contributed by atoms with Crippen LogP contribution in [0.2, 0.25) is 0 Å². The lowest BCUT2D eigenvalue weighted by Gasteiger charge is -2.27. The largest absolute Gasteiger partial charge is 0.304 e. The molecule has 5 heteroatoms. The summed E-state index contributed by atoms with van der Waals surface area (Å²) >= 11 is 0. The predicted molar refractivity (Wildman–Crippen MR) is 133 cm³/mol. The van der Waals surface area contributed by atoms with Crippen molar-refractivity contribution in [3.8, 4) is 0 Å². The zero-order chi connectivity index (χ0) is 23.7. The first-order valence-corrected chi connectivity index (χ1v) is 12.4. The quantitative estimate of drug-likeness (QED) is 0.347. The van der Waals surface area contributed by atoms with E-state index in [9.17, 15) is 9.18 Å². The number of carbonyl (C=O) groups is 1. The number of carbonyl (C=O) groups excluding carboxylic acids is 1. The summed E-state index contributed by atoms with van der Waals surface area (Å²) in [4.78, 5) is 22.6. The molecule has 0 saturated heterocycles. The summed E-state index contributed by atoms with van der Waals surface area (Å²) in [5.74, 6) is 1.14. The van der Waals surface area contributed by atoms with Crippen LogP contribution in [0.3, 0.4) is 0 Å². The van der Waals surface area contributed by atoms with Crippen molar-refractivity contribution in [3.63, 3.8) is 0 Å². The summed E-state index contributed by atoms with van der Waals surface area (Å²) in [5.41, 5.74) is 1.59. The summed E-state index contributed by atoms with van der Waals surface area (Å²) in [7, 11) is 0. The maximum absolute atomic E-state index is 13.5. The summed E-state index contributed by atoms with van der Waals surface area (Å²) in [6.45, 7) is 16.5. The second-order valence-electron chi connectivity index (χ2n) is 8.85. The van der Waals surface area contributed by atoms with Crippen LogP contribution < -0.4 is 0 Å². The van der Waals surface area contributed by atoms with Crippen LogP contribution >= 0.6 is 0 Å². The van der Waals surface area contributed by atoms with E-state index in [1.165, 1.54) is 30.5 Å². The van der Waals surface area contributed by atoms with Gasteiger partial charge < -0.3 is 4.90 Å². The van der Waals surface area contributed by atoms with E-state index in [0.717, 1.165) is 31.6 Å². The number of benzene rings is 1. The fraction of sp³-hybridized carbons (Fsp3) is 0.630. The highest BCUT2D eigenvalue weighted by molar-refractivity contribution is 6.15. The van der Waals surface area contributed by atoms with Gasteiger partial charge in [-0.3, -0.25) is 14.7 Å². The van der Waals surface area contributed by atoms with Gasteiger partial charge in [0.1, 0.15) is 17.2 Å². The van der Waals surface area contributed by atoms with Gasteiger partial charge in [-0.1, -0.05) is 39.3 Å². The molecule has 0 saturated carbocycles. The molecule has 178 valence electrons. The average Bonchev–Trinajstić information content (AvgIpc) is 3.10. The van der Waals surface area contributed by atoms with Crippen LogP contribution in [0.15, 0.2) is 40.9 Å². The van der Waals surface area contributed by atoms with Gasteiger partial charge >= 0.3 is 0 Å². The molecule has 0 fully saturated rings. The molecule has 2 rings (SSSR count). The van der Waals surface area contributed by atoms with Gasteiger partial charge in [0, 0.05) is 12.1 Å². The van der Waals surface area contributed by atoms with E-state index in [1.54, 1.807) is 12.1 Å². The first kappa shape index (κ1) is 26.2. The van der Waals surface area contributed by atoms with Crippen molar-refractivity contribution in [2.75, 3.05) is 26.2 Å². The molecule has 0 radical (unpaired) electrons. The maximum Gasteiger partial charge on any atom is 0.256 e. The standard InChI is InChI=1S/C27H42FN3O/c1-7-21(6)22(8-2)17-20-30(11-5)18-12-19-31-25(23-13-15-24(28)16-14-23)29-27(9-3,10-4)26(31)32/h7,13-16,22H,8-12,17-20H2,1-6H3/b21-7+. The monoisotopic (exact) mass is 443 g/mol. The fourth-order valence-electron chi connectivity index (χ4n) is 4.60. The molecule has 0 spiro atoms. The second kappa shape index (κ2) is 12.3. The Hall–Kier alpha value is -2.01. The molecule has 0 N–H and O–H groups in total. The van der Waals surface area contributed by atoms with Gasteiger partial charge in [-0.25, -0.2) is 4.39 Å². The minimum atomic E-state index is -0.688. The summed E-state index contributed by atoms with van der Waals surface area (Å²) in [6.07, 6.45) is 6.81. The smallest absolute Gasteiger partial charge is 0.256 e. The molecule has 32 heavy (non-hydrogen) atoms. The number of rotatable bonds is 13. The van der Waals surface area contributed by atoms with Crippen LogP contribution in [0.25, 0.3) is 0 Å². The molecular formula is C27H42FN3O. The highest BCUT2D eigenvalue weighted by atomic mass is 19.1. The van der Waals surface area contributed by atoms with E-state index in [1.807, 2.05) is 18.7 Å². The number of amides is 1. The Morgan fingerprint density at radius 3 is 2.34 bits per heavy atom. The molecule has 1 amide bonds. The minimum Gasteiger partial charge on any atom is -0.304 e. The fourth-order valence-corrected chi connectivity index (χ4v) is 4.60. The number of halogens is 1. The van der Waals surface area contributed by atoms with Crippen LogP contribution in [-0.2, 0) is 4.79 Å². The van der Waals surface area contributed by atoms with Crippen molar-refractivity contribution < 1.29 is 9.18 Å². The van der Waals surface area contributed by atoms with Gasteiger partial charge in [0.2, 0.25) is 0 Å². The number of amidine groups is 1. The molecule has 1 aliphatic rings. The highest BCUT2D eigenvalue weighted by Gasteiger charge is 2.45. The summed E-state index contributed by atoms with van der Waals surface area (Å²) < 4.78 is 13.5. The van der Waals surface area contributed by atoms with Crippen molar-refractivity contribution in [2.45, 2.75) is 79.2 Å². The van der Waals surface area contributed by atoms with Crippen molar-refractivity contribution in [3.05, 3.63) is 47.3 Å². The SMILES string of the molecule is C/C=C(\C)C(CC)CCN(CC)CCCN1C(=O)C(CC)(CC)N=C1c1ccc(F)cc1. The molecule has 4 nitrogen and oxygen atoms in total. The van der Waals surface area contributed by atoms with E-state index in [-0.39, 0.29) is 11.7 Å². The van der Waals surface area contributed by atoms with Gasteiger partial charge in [-0.2, -0.15) is 0 Å². The van der Waals surface area contributed by atoms with E-state index in [4.69, 9.17) is 4.99 Å². The number of allylic oxidation sites excluding steroid dienone is 2. The van der Waals surface area contributed by atoms with Gasteiger partial charge in [0.15, 0.2) is 0 Å². The third kappa shape index (κ3) is 6.06. The molecule has 1 heterocycles. The molecule has 1 unspecified atom stereocenters. The Labute approximate surface area is 194 Å². The number of hydrogen-bond donors (Lipinski definition) is 0. The van der Waals surface area contributed by atoms with Crippen molar-refractivity contribution in [1.82, 2.24) is 9.80 Å². The van der Waals surface area contributed by atoms with Gasteiger partial charge in [0.05, 0.1) is 0 Å². The third-order valence-electron chi connectivity index (χ3n) is 7.18. The molecule has 0 aliphatic carbocycles. The average molecular weight is 444 g/mol. The lowest BCUT2D eigenvalue weighted by atomic mass is 9.93. The molecule has 1 aliphatic heterocycles. The van der Waals surface area contributed by atoms with E-state index in [0.29, 0.717) is 31.1 Å².